The van der Waals surface area contributed by atoms with Gasteiger partial charge in [-0.3, -0.25) is 4.79 Å². The second-order valence-electron chi connectivity index (χ2n) is 3.42. The van der Waals surface area contributed by atoms with Gasteiger partial charge < -0.3 is 11.1 Å². The summed E-state index contributed by atoms with van der Waals surface area (Å²) in [7, 11) is 0. The second kappa shape index (κ2) is 4.29. The predicted octanol–water partition coefficient (Wildman–Crippen LogP) is 0.255. The summed E-state index contributed by atoms with van der Waals surface area (Å²) in [5.41, 5.74) is 5.29. The van der Waals surface area contributed by atoms with Crippen LogP contribution in [0, 0.1) is 17.3 Å². The van der Waals surface area contributed by atoms with Gasteiger partial charge in [0.15, 0.2) is 0 Å². The number of carbonyl (C=O) groups is 1. The monoisotopic (exact) mass is 180 g/mol. The molecule has 3 nitrogen and oxygen atoms in total. The van der Waals surface area contributed by atoms with Crippen molar-refractivity contribution < 1.29 is 4.79 Å². The zero-order chi connectivity index (χ0) is 9.73. The molecule has 0 heterocycles. The highest BCUT2D eigenvalue weighted by atomic mass is 16.2. The Bertz CT molecular complexity index is 245. The van der Waals surface area contributed by atoms with Gasteiger partial charge in [0, 0.05) is 19.5 Å². The van der Waals surface area contributed by atoms with Gasteiger partial charge in [-0.25, -0.2) is 0 Å². The highest BCUT2D eigenvalue weighted by molar-refractivity contribution is 5.85. The topological polar surface area (TPSA) is 55.1 Å². The molecule has 1 rings (SSSR count). The van der Waals surface area contributed by atoms with Crippen LogP contribution in [0.3, 0.4) is 0 Å². The van der Waals surface area contributed by atoms with Crippen molar-refractivity contribution in [3.05, 3.63) is 0 Å². The number of nitrogens with two attached hydrogens (primary N) is 1. The third-order valence-electron chi connectivity index (χ3n) is 2.44. The first kappa shape index (κ1) is 10.1. The van der Waals surface area contributed by atoms with Gasteiger partial charge in [0.2, 0.25) is 5.91 Å². The van der Waals surface area contributed by atoms with Crippen molar-refractivity contribution in [2.75, 3.05) is 13.1 Å². The number of hydrogen-bond donors (Lipinski definition) is 2. The normalized spacial score (nSPS) is 17.1. The van der Waals surface area contributed by atoms with E-state index in [1.807, 2.05) is 0 Å². The van der Waals surface area contributed by atoms with Crippen LogP contribution < -0.4 is 11.1 Å². The molecule has 0 saturated heterocycles. The smallest absolute Gasteiger partial charge is 0.227 e. The van der Waals surface area contributed by atoms with Crippen molar-refractivity contribution in [1.82, 2.24) is 5.32 Å². The second-order valence-corrected chi connectivity index (χ2v) is 3.42. The Morgan fingerprint density at radius 2 is 2.31 bits per heavy atom. The predicted molar refractivity (Wildman–Crippen MR) is 51.8 cm³/mol. The molecule has 1 amide bonds. The highest BCUT2D eigenvalue weighted by Gasteiger charge is 2.48. The lowest BCUT2D eigenvalue weighted by Gasteiger charge is -2.11. The largest absolute Gasteiger partial charge is 0.355 e. The molecule has 0 aromatic heterocycles. The van der Waals surface area contributed by atoms with Gasteiger partial charge in [-0.05, 0) is 19.8 Å². The Labute approximate surface area is 79.1 Å². The average Bonchev–Trinajstić information content (AvgIpc) is 2.93. The molecular formula is C10H16N2O. The zero-order valence-corrected chi connectivity index (χ0v) is 8.02. The number of carbonyl (C=O) groups excluding carboxylic acids is 1. The molecule has 3 heteroatoms. The van der Waals surface area contributed by atoms with Crippen LogP contribution >= 0.6 is 0 Å². The minimum Gasteiger partial charge on any atom is -0.355 e. The van der Waals surface area contributed by atoms with Gasteiger partial charge in [0.25, 0.3) is 0 Å². The molecule has 0 bridgehead atoms. The fourth-order valence-corrected chi connectivity index (χ4v) is 1.23. The average molecular weight is 180 g/mol. The van der Waals surface area contributed by atoms with E-state index in [0.29, 0.717) is 13.1 Å². The molecule has 0 aromatic rings. The standard InChI is InChI=1S/C10H16N2O/c1-2-3-4-7-12-9(13)10(8-11)5-6-10/h4-8,11H2,1H3,(H,12,13). The van der Waals surface area contributed by atoms with Crippen LogP contribution in [0.5, 0.6) is 0 Å². The Hall–Kier alpha value is -1.01. The maximum Gasteiger partial charge on any atom is 0.227 e. The lowest BCUT2D eigenvalue weighted by atomic mass is 10.1. The van der Waals surface area contributed by atoms with E-state index in [1.165, 1.54) is 0 Å². The van der Waals surface area contributed by atoms with E-state index >= 15 is 0 Å². The summed E-state index contributed by atoms with van der Waals surface area (Å²) in [4.78, 5) is 11.5. The van der Waals surface area contributed by atoms with Crippen LogP contribution in [0.15, 0.2) is 0 Å². The van der Waals surface area contributed by atoms with E-state index in [4.69, 9.17) is 5.73 Å². The van der Waals surface area contributed by atoms with Crippen LogP contribution in [0.1, 0.15) is 26.2 Å². The molecular weight excluding hydrogens is 164 g/mol. The van der Waals surface area contributed by atoms with Crippen molar-refractivity contribution in [3.8, 4) is 11.8 Å². The number of nitrogens with one attached hydrogen (secondary N) is 1. The van der Waals surface area contributed by atoms with Crippen molar-refractivity contribution in [3.63, 3.8) is 0 Å². The molecule has 1 saturated carbocycles. The summed E-state index contributed by atoms with van der Waals surface area (Å²) in [6.45, 7) is 2.91. The Morgan fingerprint density at radius 1 is 1.62 bits per heavy atom. The lowest BCUT2D eigenvalue weighted by Crippen LogP contribution is -2.36. The van der Waals surface area contributed by atoms with Gasteiger partial charge >= 0.3 is 0 Å². The van der Waals surface area contributed by atoms with Gasteiger partial charge in [0.05, 0.1) is 5.41 Å². The zero-order valence-electron chi connectivity index (χ0n) is 8.02. The van der Waals surface area contributed by atoms with Crippen LogP contribution in [-0.2, 0) is 4.79 Å². The summed E-state index contributed by atoms with van der Waals surface area (Å²) in [5.74, 6) is 5.79. The number of rotatable bonds is 4. The molecule has 0 spiro atoms. The lowest BCUT2D eigenvalue weighted by molar-refractivity contribution is -0.125. The maximum atomic E-state index is 11.5. The third-order valence-corrected chi connectivity index (χ3v) is 2.44. The molecule has 72 valence electrons. The Kier molecular flexibility index (Phi) is 3.32. The molecule has 1 aliphatic rings. The molecule has 0 radical (unpaired) electrons. The van der Waals surface area contributed by atoms with E-state index in [0.717, 1.165) is 19.3 Å². The summed E-state index contributed by atoms with van der Waals surface area (Å²) in [5, 5.41) is 2.85. The van der Waals surface area contributed by atoms with E-state index in [1.54, 1.807) is 6.92 Å². The van der Waals surface area contributed by atoms with Crippen LogP contribution in [0.4, 0.5) is 0 Å². The van der Waals surface area contributed by atoms with E-state index in [-0.39, 0.29) is 11.3 Å². The van der Waals surface area contributed by atoms with E-state index in [2.05, 4.69) is 17.2 Å². The molecule has 0 aromatic carbocycles. The fraction of sp³-hybridized carbons (Fsp3) is 0.700. The maximum absolute atomic E-state index is 11.5. The summed E-state index contributed by atoms with van der Waals surface area (Å²) >= 11 is 0. The SMILES string of the molecule is CC#CCCNC(=O)C1(CN)CC1. The third kappa shape index (κ3) is 2.46. The molecule has 1 fully saturated rings. The summed E-state index contributed by atoms with van der Waals surface area (Å²) in [6, 6.07) is 0. The van der Waals surface area contributed by atoms with Crippen LogP contribution in [0.2, 0.25) is 0 Å². The minimum atomic E-state index is -0.223. The molecule has 13 heavy (non-hydrogen) atoms. The molecule has 0 atom stereocenters. The molecule has 1 aliphatic carbocycles. The van der Waals surface area contributed by atoms with Gasteiger partial charge in [-0.2, -0.15) is 0 Å². The van der Waals surface area contributed by atoms with Crippen molar-refractivity contribution in [2.24, 2.45) is 11.1 Å². The first-order chi connectivity index (χ1) is 6.25. The van der Waals surface area contributed by atoms with Gasteiger partial charge in [-0.15, -0.1) is 11.8 Å². The first-order valence-corrected chi connectivity index (χ1v) is 4.63. The van der Waals surface area contributed by atoms with E-state index < -0.39 is 0 Å². The van der Waals surface area contributed by atoms with Crippen molar-refractivity contribution in [1.29, 1.82) is 0 Å². The quantitative estimate of drug-likeness (QED) is 0.481. The van der Waals surface area contributed by atoms with E-state index in [9.17, 15) is 4.79 Å². The first-order valence-electron chi connectivity index (χ1n) is 4.63. The number of amides is 1. The van der Waals surface area contributed by atoms with Crippen molar-refractivity contribution in [2.45, 2.75) is 26.2 Å². The molecule has 3 N–H and O–H groups in total. The summed E-state index contributed by atoms with van der Waals surface area (Å²) < 4.78 is 0. The fourth-order valence-electron chi connectivity index (χ4n) is 1.23. The highest BCUT2D eigenvalue weighted by Crippen LogP contribution is 2.44. The Morgan fingerprint density at radius 3 is 2.77 bits per heavy atom. The minimum absolute atomic E-state index is 0.105. The van der Waals surface area contributed by atoms with Crippen molar-refractivity contribution >= 4 is 5.91 Å². The van der Waals surface area contributed by atoms with Crippen LogP contribution in [-0.4, -0.2) is 19.0 Å². The molecule has 0 aliphatic heterocycles. The van der Waals surface area contributed by atoms with Gasteiger partial charge in [-0.1, -0.05) is 0 Å². The van der Waals surface area contributed by atoms with Gasteiger partial charge in [0.1, 0.15) is 0 Å². The summed E-state index contributed by atoms with van der Waals surface area (Å²) in [6.07, 6.45) is 2.60. The molecule has 0 unspecified atom stereocenters. The Balaban J connectivity index is 2.21. The van der Waals surface area contributed by atoms with Crippen LogP contribution in [0.25, 0.3) is 0 Å². The number of hydrogen-bond acceptors (Lipinski definition) is 2.